The minimum atomic E-state index is -0.495. The molecule has 1 amide bonds. The van der Waals surface area contributed by atoms with Crippen LogP contribution in [0.15, 0.2) is 66.0 Å². The molecular weight excluding hydrogens is 446 g/mol. The summed E-state index contributed by atoms with van der Waals surface area (Å²) in [5, 5.41) is 2.87. The highest BCUT2D eigenvalue weighted by molar-refractivity contribution is 7.09. The van der Waals surface area contributed by atoms with Crippen molar-refractivity contribution in [1.29, 1.82) is 0 Å². The van der Waals surface area contributed by atoms with Crippen molar-refractivity contribution in [2.24, 2.45) is 11.8 Å². The molecule has 0 spiro atoms. The maximum Gasteiger partial charge on any atom is 0.236 e. The molecule has 0 N–H and O–H groups in total. The highest BCUT2D eigenvalue weighted by Gasteiger charge is 2.46. The SMILES string of the molecule is Cc1nc(C2[C@@H](C(=O)c3ccccc3)CN(CC(=O)N(C)C)C[C@@H]2C(=O)c2ccccc2)cs1. The van der Waals surface area contributed by atoms with E-state index in [4.69, 9.17) is 4.98 Å². The molecule has 1 fully saturated rings. The fraction of sp³-hybridized carbons (Fsp3) is 0.333. The van der Waals surface area contributed by atoms with E-state index in [1.165, 1.54) is 16.2 Å². The molecule has 176 valence electrons. The molecule has 4 rings (SSSR count). The number of thiazole rings is 1. The number of Topliss-reactive ketones (excluding diaryl/α,β-unsaturated/α-hetero) is 2. The molecule has 0 aliphatic carbocycles. The van der Waals surface area contributed by atoms with E-state index in [2.05, 4.69) is 0 Å². The minimum Gasteiger partial charge on any atom is -0.348 e. The quantitative estimate of drug-likeness (QED) is 0.484. The molecule has 0 radical (unpaired) electrons. The van der Waals surface area contributed by atoms with Crippen LogP contribution in [-0.4, -0.2) is 66.0 Å². The predicted molar refractivity (Wildman–Crippen MR) is 133 cm³/mol. The number of ketones is 2. The lowest BCUT2D eigenvalue weighted by Crippen LogP contribution is -2.52. The molecule has 1 aromatic heterocycles. The van der Waals surface area contributed by atoms with Gasteiger partial charge >= 0.3 is 0 Å². The Bertz CT molecular complexity index is 1100. The zero-order valence-corrected chi connectivity index (χ0v) is 20.5. The van der Waals surface area contributed by atoms with Crippen LogP contribution in [0.2, 0.25) is 0 Å². The topological polar surface area (TPSA) is 70.6 Å². The number of hydrogen-bond donors (Lipinski definition) is 0. The van der Waals surface area contributed by atoms with E-state index in [1.807, 2.05) is 77.9 Å². The summed E-state index contributed by atoms with van der Waals surface area (Å²) < 4.78 is 0. The molecule has 34 heavy (non-hydrogen) atoms. The van der Waals surface area contributed by atoms with Crippen molar-refractivity contribution < 1.29 is 14.4 Å². The second-order valence-corrected chi connectivity index (χ2v) is 10.0. The third-order valence-corrected chi connectivity index (χ3v) is 7.19. The van der Waals surface area contributed by atoms with Crippen LogP contribution in [0.5, 0.6) is 0 Å². The van der Waals surface area contributed by atoms with Gasteiger partial charge in [-0.05, 0) is 6.92 Å². The summed E-state index contributed by atoms with van der Waals surface area (Å²) in [5.41, 5.74) is 2.00. The largest absolute Gasteiger partial charge is 0.348 e. The van der Waals surface area contributed by atoms with Gasteiger partial charge in [-0.25, -0.2) is 4.98 Å². The standard InChI is InChI=1S/C27H29N3O3S/c1-18-28-23(17-34-18)25-21(26(32)19-10-6-4-7-11-19)14-30(16-24(31)29(2)3)15-22(25)27(33)20-12-8-5-9-13-20/h4-13,17,21-22,25H,14-16H2,1-3H3/t21-,22-/m0/s1. The van der Waals surface area contributed by atoms with Gasteiger partial charge in [-0.1, -0.05) is 60.7 Å². The molecule has 3 aromatic rings. The molecule has 0 bridgehead atoms. The zero-order valence-electron chi connectivity index (χ0n) is 19.7. The van der Waals surface area contributed by atoms with E-state index < -0.39 is 11.8 Å². The van der Waals surface area contributed by atoms with Crippen LogP contribution >= 0.6 is 11.3 Å². The summed E-state index contributed by atoms with van der Waals surface area (Å²) in [6, 6.07) is 18.4. The van der Waals surface area contributed by atoms with E-state index in [0.29, 0.717) is 24.2 Å². The van der Waals surface area contributed by atoms with Crippen LogP contribution in [0, 0.1) is 18.8 Å². The fourth-order valence-corrected chi connectivity index (χ4v) is 5.33. The van der Waals surface area contributed by atoms with Gasteiger partial charge in [0.15, 0.2) is 11.6 Å². The first-order valence-corrected chi connectivity index (χ1v) is 12.3. The summed E-state index contributed by atoms with van der Waals surface area (Å²) in [6.45, 7) is 2.88. The van der Waals surface area contributed by atoms with Gasteiger partial charge in [-0.3, -0.25) is 19.3 Å². The number of aromatic nitrogens is 1. The number of carbonyl (C=O) groups excluding carboxylic acids is 3. The third kappa shape index (κ3) is 5.16. The van der Waals surface area contributed by atoms with Crippen molar-refractivity contribution in [1.82, 2.24) is 14.8 Å². The van der Waals surface area contributed by atoms with Crippen LogP contribution in [0.3, 0.4) is 0 Å². The monoisotopic (exact) mass is 475 g/mol. The van der Waals surface area contributed by atoms with Gasteiger partial charge in [0.1, 0.15) is 0 Å². The summed E-state index contributed by atoms with van der Waals surface area (Å²) in [6.07, 6.45) is 0. The number of hydrogen-bond acceptors (Lipinski definition) is 6. The number of likely N-dealkylation sites (tertiary alicyclic amines) is 1. The van der Waals surface area contributed by atoms with Crippen LogP contribution in [0.1, 0.15) is 37.3 Å². The number of aryl methyl sites for hydroxylation is 1. The van der Waals surface area contributed by atoms with Crippen LogP contribution in [0.4, 0.5) is 0 Å². The zero-order chi connectivity index (χ0) is 24.2. The second kappa shape index (κ2) is 10.4. The highest BCUT2D eigenvalue weighted by atomic mass is 32.1. The average molecular weight is 476 g/mol. The number of benzene rings is 2. The molecule has 1 aliphatic heterocycles. The number of amides is 1. The lowest BCUT2D eigenvalue weighted by Gasteiger charge is -2.42. The Morgan fingerprint density at radius 1 is 0.912 bits per heavy atom. The van der Waals surface area contributed by atoms with Crippen molar-refractivity contribution in [3.05, 3.63) is 87.9 Å². The first kappa shape index (κ1) is 24.0. The Labute approximate surface area is 204 Å². The molecule has 2 atom stereocenters. The van der Waals surface area contributed by atoms with Gasteiger partial charge in [0.25, 0.3) is 0 Å². The molecule has 2 heterocycles. The van der Waals surface area contributed by atoms with Gasteiger partial charge in [0.05, 0.1) is 17.2 Å². The summed E-state index contributed by atoms with van der Waals surface area (Å²) >= 11 is 1.52. The van der Waals surface area contributed by atoms with Crippen molar-refractivity contribution in [2.45, 2.75) is 12.8 Å². The lowest BCUT2D eigenvalue weighted by atomic mass is 9.70. The van der Waals surface area contributed by atoms with Crippen LogP contribution in [0.25, 0.3) is 0 Å². The smallest absolute Gasteiger partial charge is 0.236 e. The molecule has 1 aliphatic rings. The number of likely N-dealkylation sites (N-methyl/N-ethyl adjacent to an activating group) is 1. The molecule has 7 heteroatoms. The van der Waals surface area contributed by atoms with Gasteiger partial charge < -0.3 is 4.90 Å². The molecular formula is C27H29N3O3S. The van der Waals surface area contributed by atoms with Crippen LogP contribution < -0.4 is 0 Å². The first-order valence-electron chi connectivity index (χ1n) is 11.4. The maximum absolute atomic E-state index is 13.8. The Kier molecular flexibility index (Phi) is 7.34. The summed E-state index contributed by atoms with van der Waals surface area (Å²) in [4.78, 5) is 48.4. The first-order chi connectivity index (χ1) is 16.3. The Morgan fingerprint density at radius 2 is 1.41 bits per heavy atom. The van der Waals surface area contributed by atoms with Crippen molar-refractivity contribution in [3.8, 4) is 0 Å². The lowest BCUT2D eigenvalue weighted by molar-refractivity contribution is -0.130. The minimum absolute atomic E-state index is 0.0240. The van der Waals surface area contributed by atoms with E-state index in [1.54, 1.807) is 14.1 Å². The summed E-state index contributed by atoms with van der Waals surface area (Å²) in [5.74, 6) is -1.46. The average Bonchev–Trinajstić information content (AvgIpc) is 3.29. The Morgan fingerprint density at radius 3 is 1.82 bits per heavy atom. The van der Waals surface area contributed by atoms with E-state index in [-0.39, 0.29) is 29.9 Å². The summed E-state index contributed by atoms with van der Waals surface area (Å²) in [7, 11) is 3.43. The molecule has 0 saturated carbocycles. The van der Waals surface area contributed by atoms with Gasteiger partial charge in [0.2, 0.25) is 5.91 Å². The second-order valence-electron chi connectivity index (χ2n) is 8.97. The van der Waals surface area contributed by atoms with Gasteiger partial charge in [0, 0.05) is 61.4 Å². The van der Waals surface area contributed by atoms with Gasteiger partial charge in [-0.2, -0.15) is 0 Å². The van der Waals surface area contributed by atoms with E-state index in [0.717, 1.165) is 10.7 Å². The van der Waals surface area contributed by atoms with Crippen molar-refractivity contribution in [2.75, 3.05) is 33.7 Å². The number of carbonyl (C=O) groups is 3. The van der Waals surface area contributed by atoms with Crippen molar-refractivity contribution in [3.63, 3.8) is 0 Å². The van der Waals surface area contributed by atoms with Crippen molar-refractivity contribution >= 4 is 28.8 Å². The molecule has 2 aromatic carbocycles. The normalized spacial score (nSPS) is 19.0. The fourth-order valence-electron chi connectivity index (χ4n) is 4.67. The molecule has 6 nitrogen and oxygen atoms in total. The van der Waals surface area contributed by atoms with E-state index in [9.17, 15) is 14.4 Å². The molecule has 0 unspecified atom stereocenters. The Hall–Kier alpha value is -3.16. The van der Waals surface area contributed by atoms with E-state index >= 15 is 0 Å². The molecule has 1 saturated heterocycles. The van der Waals surface area contributed by atoms with Gasteiger partial charge in [-0.15, -0.1) is 11.3 Å². The maximum atomic E-state index is 13.8. The highest BCUT2D eigenvalue weighted by Crippen LogP contribution is 2.41. The predicted octanol–water partition coefficient (Wildman–Crippen LogP) is 3.94. The van der Waals surface area contributed by atoms with Crippen LogP contribution in [-0.2, 0) is 4.79 Å². The number of nitrogens with zero attached hydrogens (tertiary/aromatic N) is 3. The number of rotatable bonds is 7. The Balaban J connectivity index is 1.78. The third-order valence-electron chi connectivity index (χ3n) is 6.40. The number of piperidine rings is 1.